The molecule has 3 amide bonds. The van der Waals surface area contributed by atoms with E-state index in [1.54, 1.807) is 12.3 Å². The first-order valence-electron chi connectivity index (χ1n) is 13.6. The van der Waals surface area contributed by atoms with Gasteiger partial charge in [0.05, 0.1) is 28.4 Å². The molecule has 1 saturated carbocycles. The van der Waals surface area contributed by atoms with Crippen LogP contribution in [0.25, 0.3) is 10.6 Å². The van der Waals surface area contributed by atoms with Crippen LogP contribution in [0.4, 0.5) is 0 Å². The molecule has 3 aliphatic rings. The molecule has 14 heteroatoms. The van der Waals surface area contributed by atoms with Crippen LogP contribution in [-0.4, -0.2) is 76.5 Å². The number of carbonyl (C=O) groups excluding carboxylic acids is 3. The summed E-state index contributed by atoms with van der Waals surface area (Å²) in [5, 5.41) is 3.97. The number of nitrogens with zero attached hydrogens (tertiary/aromatic N) is 3. The number of sulfonamides is 1. The lowest BCUT2D eigenvalue weighted by molar-refractivity contribution is -0.142. The Balaban J connectivity index is 1.36. The summed E-state index contributed by atoms with van der Waals surface area (Å²) in [6.45, 7) is 9.16. The molecule has 0 aromatic carbocycles. The van der Waals surface area contributed by atoms with E-state index in [0.29, 0.717) is 24.1 Å². The van der Waals surface area contributed by atoms with Crippen LogP contribution in [-0.2, 0) is 24.4 Å². The van der Waals surface area contributed by atoms with Crippen molar-refractivity contribution >= 4 is 39.1 Å². The molecule has 0 spiro atoms. The van der Waals surface area contributed by atoms with Gasteiger partial charge in [-0.15, -0.1) is 11.3 Å². The summed E-state index contributed by atoms with van der Waals surface area (Å²) in [5.41, 5.74) is 5.06. The normalized spacial score (nSPS) is 24.4. The van der Waals surface area contributed by atoms with Crippen molar-refractivity contribution in [2.45, 2.75) is 69.0 Å². The standard InChI is InChI=1S/C28H34N6O6S2/c1-5-16-14-28(16,25(37)33-42(38,39)18-8-9-18)32-23(35)20-13-17(15-34(20)24(36)22(29)27(2,3)4)40-26-30-11-10-19(31-26)21-7-6-12-41-21/h5-7,10-12,14,17-18,20,22H,1,8-9,13,15,29H2,2-4H3,(H,32,35)(H,33,37)/t17-,20+,22-,28-/m1/s1. The van der Waals surface area contributed by atoms with Gasteiger partial charge in [-0.25, -0.2) is 13.4 Å². The van der Waals surface area contributed by atoms with Gasteiger partial charge in [-0.05, 0) is 47.4 Å². The molecule has 4 atom stereocenters. The van der Waals surface area contributed by atoms with Crippen LogP contribution >= 0.6 is 11.3 Å². The summed E-state index contributed by atoms with van der Waals surface area (Å²) in [6.07, 6.45) is 4.74. The van der Waals surface area contributed by atoms with E-state index in [1.165, 1.54) is 28.4 Å². The van der Waals surface area contributed by atoms with E-state index in [0.717, 1.165) is 4.88 Å². The third-order valence-electron chi connectivity index (χ3n) is 7.57. The molecule has 42 heavy (non-hydrogen) atoms. The maximum atomic E-state index is 13.7. The molecule has 12 nitrogen and oxygen atoms in total. The number of ether oxygens (including phenoxy) is 1. The van der Waals surface area contributed by atoms with E-state index < -0.39 is 62.1 Å². The second kappa shape index (κ2) is 10.9. The molecule has 224 valence electrons. The van der Waals surface area contributed by atoms with Crippen molar-refractivity contribution in [3.8, 4) is 16.6 Å². The second-order valence-corrected chi connectivity index (χ2v) is 14.7. The minimum absolute atomic E-state index is 0.0320. The summed E-state index contributed by atoms with van der Waals surface area (Å²) in [5.74, 6) is -2.01. The number of aromatic nitrogens is 2. The van der Waals surface area contributed by atoms with Crippen LogP contribution in [0.15, 0.2) is 54.1 Å². The molecular formula is C28H34N6O6S2. The van der Waals surface area contributed by atoms with Crippen LogP contribution in [0.2, 0.25) is 0 Å². The largest absolute Gasteiger partial charge is 0.458 e. The van der Waals surface area contributed by atoms with Gasteiger partial charge in [-0.2, -0.15) is 4.98 Å². The Hall–Kier alpha value is -3.62. The highest BCUT2D eigenvalue weighted by Crippen LogP contribution is 2.38. The predicted octanol–water partition coefficient (Wildman–Crippen LogP) is 1.52. The summed E-state index contributed by atoms with van der Waals surface area (Å²) in [7, 11) is -3.86. The molecule has 3 heterocycles. The number of amides is 3. The molecule has 0 bridgehead atoms. The summed E-state index contributed by atoms with van der Waals surface area (Å²) < 4.78 is 33.0. The van der Waals surface area contributed by atoms with Gasteiger partial charge in [0.25, 0.3) is 5.91 Å². The minimum Gasteiger partial charge on any atom is -0.458 e. The zero-order valence-corrected chi connectivity index (χ0v) is 25.2. The Morgan fingerprint density at radius 3 is 2.62 bits per heavy atom. The monoisotopic (exact) mass is 614 g/mol. The Bertz CT molecular complexity index is 1550. The Morgan fingerprint density at radius 1 is 1.29 bits per heavy atom. The average molecular weight is 615 g/mol. The van der Waals surface area contributed by atoms with Crippen molar-refractivity contribution in [3.63, 3.8) is 0 Å². The third-order valence-corrected chi connectivity index (χ3v) is 10.3. The number of thiophene rings is 1. The highest BCUT2D eigenvalue weighted by Gasteiger charge is 2.55. The van der Waals surface area contributed by atoms with Crippen molar-refractivity contribution in [2.75, 3.05) is 6.54 Å². The van der Waals surface area contributed by atoms with Crippen molar-refractivity contribution in [3.05, 3.63) is 54.1 Å². The van der Waals surface area contributed by atoms with Gasteiger partial charge in [0.15, 0.2) is 5.54 Å². The lowest BCUT2D eigenvalue weighted by Gasteiger charge is -2.33. The van der Waals surface area contributed by atoms with Crippen molar-refractivity contribution in [2.24, 2.45) is 11.1 Å². The fraction of sp³-hybridized carbons (Fsp3) is 0.464. The second-order valence-electron chi connectivity index (χ2n) is 11.8. The zero-order valence-electron chi connectivity index (χ0n) is 23.6. The van der Waals surface area contributed by atoms with Crippen LogP contribution in [0, 0.1) is 5.41 Å². The Kier molecular flexibility index (Phi) is 7.75. The van der Waals surface area contributed by atoms with E-state index >= 15 is 0 Å². The lowest BCUT2D eigenvalue weighted by Crippen LogP contribution is -2.59. The molecule has 0 unspecified atom stereocenters. The van der Waals surface area contributed by atoms with Gasteiger partial charge >= 0.3 is 6.01 Å². The van der Waals surface area contributed by atoms with Gasteiger partial charge in [0.1, 0.15) is 12.1 Å². The van der Waals surface area contributed by atoms with Crippen LogP contribution in [0.3, 0.4) is 0 Å². The highest BCUT2D eigenvalue weighted by atomic mass is 32.2. The fourth-order valence-electron chi connectivity index (χ4n) is 4.76. The maximum absolute atomic E-state index is 13.7. The van der Waals surface area contributed by atoms with Gasteiger partial charge in [0.2, 0.25) is 21.8 Å². The van der Waals surface area contributed by atoms with Crippen LogP contribution in [0.5, 0.6) is 6.01 Å². The summed E-state index contributed by atoms with van der Waals surface area (Å²) >= 11 is 1.52. The van der Waals surface area contributed by atoms with E-state index in [1.807, 2.05) is 38.3 Å². The van der Waals surface area contributed by atoms with Gasteiger partial charge < -0.3 is 20.7 Å². The Morgan fingerprint density at radius 2 is 2.02 bits per heavy atom. The Labute approximate surface area is 248 Å². The first-order valence-corrected chi connectivity index (χ1v) is 16.0. The van der Waals surface area contributed by atoms with Crippen LogP contribution in [0.1, 0.15) is 40.0 Å². The van der Waals surface area contributed by atoms with E-state index in [2.05, 4.69) is 26.6 Å². The molecule has 2 fully saturated rings. The predicted molar refractivity (Wildman–Crippen MR) is 157 cm³/mol. The zero-order chi connectivity index (χ0) is 30.4. The van der Waals surface area contributed by atoms with Gasteiger partial charge in [-0.1, -0.05) is 39.5 Å². The molecule has 1 aliphatic heterocycles. The summed E-state index contributed by atoms with van der Waals surface area (Å²) in [4.78, 5) is 51.4. The number of hydrogen-bond donors (Lipinski definition) is 3. The minimum atomic E-state index is -3.86. The van der Waals surface area contributed by atoms with Gasteiger partial charge in [0, 0.05) is 12.6 Å². The molecule has 5 rings (SSSR count). The fourth-order valence-corrected chi connectivity index (χ4v) is 6.80. The third kappa shape index (κ3) is 5.96. The van der Waals surface area contributed by atoms with Crippen LogP contribution < -0.4 is 20.5 Å². The topological polar surface area (TPSA) is 174 Å². The van der Waals surface area contributed by atoms with Gasteiger partial charge in [-0.3, -0.25) is 19.1 Å². The first-order chi connectivity index (χ1) is 19.7. The molecule has 0 radical (unpaired) electrons. The maximum Gasteiger partial charge on any atom is 0.317 e. The average Bonchev–Trinajstić information content (AvgIpc) is 3.80. The number of nitrogens with two attached hydrogens (primary N) is 1. The molecular weight excluding hydrogens is 580 g/mol. The van der Waals surface area contributed by atoms with Crippen molar-refractivity contribution < 1.29 is 27.5 Å². The number of hydrogen-bond acceptors (Lipinski definition) is 10. The number of nitrogens with one attached hydrogen (secondary N) is 2. The molecule has 2 aliphatic carbocycles. The smallest absolute Gasteiger partial charge is 0.317 e. The molecule has 2 aromatic heterocycles. The molecule has 2 aromatic rings. The first kappa shape index (κ1) is 29.9. The quantitative estimate of drug-likeness (QED) is 0.358. The van der Waals surface area contributed by atoms with Crippen molar-refractivity contribution in [1.29, 1.82) is 0 Å². The van der Waals surface area contributed by atoms with E-state index in [4.69, 9.17) is 10.5 Å². The lowest BCUT2D eigenvalue weighted by atomic mass is 9.86. The SMILES string of the molecule is C=CC1=C[C@]1(NC(=O)[C@@H]1C[C@@H](Oc2nccc(-c3cccs3)n2)CN1C(=O)[C@@H](N)C(C)(C)C)C(=O)NS(=O)(=O)C1CC1. The highest BCUT2D eigenvalue weighted by molar-refractivity contribution is 7.91. The van der Waals surface area contributed by atoms with E-state index in [9.17, 15) is 22.8 Å². The van der Waals surface area contributed by atoms with E-state index in [-0.39, 0.29) is 19.0 Å². The molecule has 1 saturated heterocycles. The number of rotatable bonds is 10. The van der Waals surface area contributed by atoms with Crippen molar-refractivity contribution in [1.82, 2.24) is 24.9 Å². The number of likely N-dealkylation sites (tertiary alicyclic amines) is 1. The summed E-state index contributed by atoms with van der Waals surface area (Å²) in [6, 6.07) is 3.71. The molecule has 4 N–H and O–H groups in total. The number of carbonyl (C=O) groups is 3.